The summed E-state index contributed by atoms with van der Waals surface area (Å²) in [5.41, 5.74) is 4.70. The zero-order valence-electron chi connectivity index (χ0n) is 25.5. The topological polar surface area (TPSA) is 86.8 Å². The highest BCUT2D eigenvalue weighted by Gasteiger charge is 2.35. The van der Waals surface area contributed by atoms with Crippen LogP contribution in [0.4, 0.5) is 5.69 Å². The molecule has 230 valence electrons. The van der Waals surface area contributed by atoms with Gasteiger partial charge in [-0.05, 0) is 74.7 Å². The minimum Gasteiger partial charge on any atom is -0.355 e. The summed E-state index contributed by atoms with van der Waals surface area (Å²) in [6, 6.07) is 28.2. The molecule has 7 nitrogen and oxygen atoms in total. The fourth-order valence-corrected chi connectivity index (χ4v) is 7.04. The number of rotatable bonds is 12. The van der Waals surface area contributed by atoms with Crippen LogP contribution in [0, 0.1) is 20.8 Å². The Morgan fingerprint density at radius 2 is 1.48 bits per heavy atom. The Bertz CT molecular complexity index is 1710. The predicted molar refractivity (Wildman–Crippen MR) is 179 cm³/mol. The number of likely N-dealkylation sites (N-methyl/N-ethyl adjacent to an activating group) is 1. The lowest BCUT2D eigenvalue weighted by Crippen LogP contribution is -2.53. The van der Waals surface area contributed by atoms with Crippen LogP contribution in [0.25, 0.3) is 0 Å². The van der Waals surface area contributed by atoms with Gasteiger partial charge in [0.25, 0.3) is 10.0 Å². The fourth-order valence-electron chi connectivity index (χ4n) is 5.11. The molecule has 0 aromatic heterocycles. The summed E-state index contributed by atoms with van der Waals surface area (Å²) in [5.74, 6) is -0.799. The number of amides is 2. The predicted octanol–water partition coefficient (Wildman–Crippen LogP) is 6.35. The highest BCUT2D eigenvalue weighted by atomic mass is 79.9. The fraction of sp³-hybridized carbons (Fsp3) is 0.257. The molecule has 0 heterocycles. The molecule has 0 saturated carbocycles. The van der Waals surface area contributed by atoms with Gasteiger partial charge in [0, 0.05) is 24.0 Å². The van der Waals surface area contributed by atoms with Crippen molar-refractivity contribution in [2.45, 2.75) is 51.6 Å². The Balaban J connectivity index is 1.82. The second kappa shape index (κ2) is 14.7. The average Bonchev–Trinajstić information content (AvgIpc) is 2.99. The Hall–Kier alpha value is -3.95. The van der Waals surface area contributed by atoms with Crippen LogP contribution in [-0.2, 0) is 32.6 Å². The molecule has 4 aromatic rings. The summed E-state index contributed by atoms with van der Waals surface area (Å²) in [4.78, 5) is 29.7. The highest BCUT2D eigenvalue weighted by molar-refractivity contribution is 9.10. The van der Waals surface area contributed by atoms with E-state index >= 15 is 0 Å². The molecule has 0 bridgehead atoms. The Morgan fingerprint density at radius 3 is 2.11 bits per heavy atom. The normalized spacial score (nSPS) is 11.9. The van der Waals surface area contributed by atoms with Crippen molar-refractivity contribution in [2.24, 2.45) is 0 Å². The molecule has 44 heavy (non-hydrogen) atoms. The Morgan fingerprint density at radius 1 is 0.818 bits per heavy atom. The molecule has 0 fully saturated rings. The summed E-state index contributed by atoms with van der Waals surface area (Å²) in [5, 5.41) is 2.89. The minimum absolute atomic E-state index is 0.0824. The van der Waals surface area contributed by atoms with E-state index in [1.54, 1.807) is 30.3 Å². The van der Waals surface area contributed by atoms with Crippen LogP contribution in [0.2, 0.25) is 0 Å². The number of halogens is 1. The number of nitrogens with zero attached hydrogens (tertiary/aromatic N) is 2. The van der Waals surface area contributed by atoms with E-state index in [9.17, 15) is 18.0 Å². The summed E-state index contributed by atoms with van der Waals surface area (Å²) in [6.07, 6.45) is 0.265. The number of hydrogen-bond donors (Lipinski definition) is 1. The third-order valence-corrected chi connectivity index (χ3v) is 9.64. The largest absolute Gasteiger partial charge is 0.355 e. The number of sulfonamides is 1. The van der Waals surface area contributed by atoms with Crippen molar-refractivity contribution in [3.63, 3.8) is 0 Å². The van der Waals surface area contributed by atoms with E-state index in [-0.39, 0.29) is 23.8 Å². The number of carbonyl (C=O) groups is 2. The molecule has 0 aliphatic rings. The number of hydrogen-bond acceptors (Lipinski definition) is 4. The average molecular weight is 677 g/mol. The number of benzene rings is 4. The molecule has 0 aliphatic heterocycles. The van der Waals surface area contributed by atoms with Crippen LogP contribution in [0.15, 0.2) is 106 Å². The van der Waals surface area contributed by atoms with Crippen molar-refractivity contribution in [1.82, 2.24) is 10.2 Å². The first-order valence-electron chi connectivity index (χ1n) is 14.5. The van der Waals surface area contributed by atoms with Crippen molar-refractivity contribution < 1.29 is 18.0 Å². The molecule has 0 spiro atoms. The van der Waals surface area contributed by atoms with E-state index in [2.05, 4.69) is 21.2 Å². The maximum absolute atomic E-state index is 14.5. The smallest absolute Gasteiger partial charge is 0.264 e. The van der Waals surface area contributed by atoms with Gasteiger partial charge in [-0.15, -0.1) is 0 Å². The quantitative estimate of drug-likeness (QED) is 0.190. The van der Waals surface area contributed by atoms with Crippen molar-refractivity contribution in [2.75, 3.05) is 17.4 Å². The molecule has 2 amide bonds. The lowest BCUT2D eigenvalue weighted by molar-refractivity contribution is -0.140. The Kier molecular flexibility index (Phi) is 11.0. The number of carbonyl (C=O) groups excluding carboxylic acids is 2. The van der Waals surface area contributed by atoms with Crippen LogP contribution >= 0.6 is 15.9 Å². The Labute approximate surface area is 269 Å². The molecule has 1 atom stereocenters. The molecule has 0 radical (unpaired) electrons. The zero-order valence-corrected chi connectivity index (χ0v) is 27.9. The van der Waals surface area contributed by atoms with Crippen LogP contribution in [-0.4, -0.2) is 44.3 Å². The third-order valence-electron chi connectivity index (χ3n) is 7.37. The summed E-state index contributed by atoms with van der Waals surface area (Å²) in [7, 11) is -4.15. The summed E-state index contributed by atoms with van der Waals surface area (Å²) in [6.45, 7) is 7.48. The van der Waals surface area contributed by atoms with Crippen LogP contribution in [0.5, 0.6) is 0 Å². The summed E-state index contributed by atoms with van der Waals surface area (Å²) < 4.78 is 30.4. The number of anilines is 1. The standard InChI is InChI=1S/C35H38BrN3O4S/c1-5-37-35(41)33(22-28-10-7-6-8-11-28)38(23-29-12-9-13-30(36)21-29)34(40)24-39(32-19-16-26(3)20-27(32)4)44(42,43)31-17-14-25(2)15-18-31/h6-21,33H,5,22-24H2,1-4H3,(H,37,41)/t33-/m0/s1. The van der Waals surface area contributed by atoms with Gasteiger partial charge in [0.05, 0.1) is 10.6 Å². The lowest BCUT2D eigenvalue weighted by atomic mass is 10.0. The zero-order chi connectivity index (χ0) is 31.9. The van der Waals surface area contributed by atoms with Gasteiger partial charge in [0.1, 0.15) is 12.6 Å². The molecule has 0 saturated heterocycles. The first-order chi connectivity index (χ1) is 21.0. The minimum atomic E-state index is -4.15. The van der Waals surface area contributed by atoms with Crippen LogP contribution < -0.4 is 9.62 Å². The number of nitrogens with one attached hydrogen (secondary N) is 1. The lowest BCUT2D eigenvalue weighted by Gasteiger charge is -2.34. The maximum Gasteiger partial charge on any atom is 0.264 e. The van der Waals surface area contributed by atoms with Crippen LogP contribution in [0.1, 0.15) is 34.7 Å². The van der Waals surface area contributed by atoms with E-state index < -0.39 is 28.5 Å². The van der Waals surface area contributed by atoms with E-state index in [0.717, 1.165) is 32.3 Å². The van der Waals surface area contributed by atoms with Crippen LogP contribution in [0.3, 0.4) is 0 Å². The van der Waals surface area contributed by atoms with Gasteiger partial charge in [0.15, 0.2) is 0 Å². The monoisotopic (exact) mass is 675 g/mol. The number of aryl methyl sites for hydroxylation is 3. The SMILES string of the molecule is CCNC(=O)[C@H](Cc1ccccc1)N(Cc1cccc(Br)c1)C(=O)CN(c1ccc(C)cc1C)S(=O)(=O)c1ccc(C)cc1. The molecular weight excluding hydrogens is 638 g/mol. The van der Waals surface area contributed by atoms with Gasteiger partial charge < -0.3 is 10.2 Å². The first kappa shape index (κ1) is 33.0. The molecule has 0 aliphatic carbocycles. The second-order valence-corrected chi connectivity index (χ2v) is 13.6. The maximum atomic E-state index is 14.5. The van der Waals surface area contributed by atoms with Gasteiger partial charge in [-0.2, -0.15) is 0 Å². The van der Waals surface area contributed by atoms with Gasteiger partial charge in [0.2, 0.25) is 11.8 Å². The summed E-state index contributed by atoms with van der Waals surface area (Å²) >= 11 is 3.51. The molecular formula is C35H38BrN3O4S. The molecule has 9 heteroatoms. The van der Waals surface area contributed by atoms with Crippen molar-refractivity contribution in [1.29, 1.82) is 0 Å². The first-order valence-corrected chi connectivity index (χ1v) is 16.7. The second-order valence-electron chi connectivity index (χ2n) is 10.9. The molecule has 4 rings (SSSR count). The molecule has 1 N–H and O–H groups in total. The molecule has 4 aromatic carbocycles. The van der Waals surface area contributed by atoms with Gasteiger partial charge in [-0.1, -0.05) is 93.8 Å². The van der Waals surface area contributed by atoms with E-state index in [1.807, 2.05) is 94.4 Å². The van der Waals surface area contributed by atoms with Crippen molar-refractivity contribution in [3.8, 4) is 0 Å². The highest BCUT2D eigenvalue weighted by Crippen LogP contribution is 2.29. The van der Waals surface area contributed by atoms with Gasteiger partial charge in [-0.25, -0.2) is 8.42 Å². The van der Waals surface area contributed by atoms with Crippen molar-refractivity contribution >= 4 is 43.5 Å². The van der Waals surface area contributed by atoms with Gasteiger partial charge >= 0.3 is 0 Å². The van der Waals surface area contributed by atoms with E-state index in [1.165, 1.54) is 9.21 Å². The van der Waals surface area contributed by atoms with E-state index in [0.29, 0.717) is 12.2 Å². The van der Waals surface area contributed by atoms with Crippen molar-refractivity contribution in [3.05, 3.63) is 129 Å². The van der Waals surface area contributed by atoms with Gasteiger partial charge in [-0.3, -0.25) is 13.9 Å². The third kappa shape index (κ3) is 8.15. The van der Waals surface area contributed by atoms with E-state index in [4.69, 9.17) is 0 Å². The molecule has 0 unspecified atom stereocenters.